The van der Waals surface area contributed by atoms with Crippen molar-refractivity contribution >= 4 is 29.3 Å². The monoisotopic (exact) mass is 354 g/mol. The van der Waals surface area contributed by atoms with E-state index in [0.29, 0.717) is 6.42 Å². The molecule has 1 aliphatic heterocycles. The lowest BCUT2D eigenvalue weighted by molar-refractivity contribution is -0.123. The molecule has 25 heavy (non-hydrogen) atoms. The van der Waals surface area contributed by atoms with E-state index in [4.69, 9.17) is 0 Å². The molecule has 4 nitrogen and oxygen atoms in total. The molecule has 1 aliphatic rings. The Labute approximate surface area is 152 Å². The maximum absolute atomic E-state index is 12.3. The van der Waals surface area contributed by atoms with Crippen molar-refractivity contribution in [1.29, 1.82) is 0 Å². The molecule has 0 saturated carbocycles. The molecular formula is C20H22N2O2S. The van der Waals surface area contributed by atoms with E-state index < -0.39 is 0 Å². The van der Waals surface area contributed by atoms with Crippen LogP contribution in [-0.4, -0.2) is 23.6 Å². The van der Waals surface area contributed by atoms with Crippen molar-refractivity contribution in [2.75, 3.05) is 11.9 Å². The van der Waals surface area contributed by atoms with Gasteiger partial charge in [-0.25, -0.2) is 0 Å². The topological polar surface area (TPSA) is 58.2 Å². The number of carbonyl (C=O) groups is 2. The summed E-state index contributed by atoms with van der Waals surface area (Å²) in [6.07, 6.45) is 0.713. The molecule has 0 aliphatic carbocycles. The van der Waals surface area contributed by atoms with Gasteiger partial charge in [-0.2, -0.15) is 0 Å². The Balaban J connectivity index is 1.54. The summed E-state index contributed by atoms with van der Waals surface area (Å²) in [5, 5.41) is 5.51. The van der Waals surface area contributed by atoms with Crippen molar-refractivity contribution in [1.82, 2.24) is 5.32 Å². The fourth-order valence-corrected chi connectivity index (χ4v) is 4.39. The number of benzene rings is 2. The van der Waals surface area contributed by atoms with Crippen molar-refractivity contribution in [3.63, 3.8) is 0 Å². The number of rotatable bonds is 4. The molecule has 2 aromatic rings. The smallest absolute Gasteiger partial charge is 0.243 e. The second-order valence-corrected chi connectivity index (χ2v) is 7.70. The van der Waals surface area contributed by atoms with Crippen LogP contribution in [0.3, 0.4) is 0 Å². The van der Waals surface area contributed by atoms with E-state index in [1.807, 2.05) is 57.2 Å². The third kappa shape index (κ3) is 4.04. The fraction of sp³-hybridized carbons (Fsp3) is 0.300. The quantitative estimate of drug-likeness (QED) is 0.885. The SMILES string of the molecule is Cc1cc(C)c(NC(=O)CNC(=O)C2Cc3ccccc3S2)c(C)c1. The molecular weight excluding hydrogens is 332 g/mol. The standard InChI is InChI=1S/C20H22N2O2S/c1-12-8-13(2)19(14(3)9-12)22-18(23)11-21-20(24)17-10-15-6-4-5-7-16(15)25-17/h4-9,17H,10-11H2,1-3H3,(H,21,24)(H,22,23). The molecule has 1 unspecified atom stereocenters. The van der Waals surface area contributed by atoms with Crippen molar-refractivity contribution in [3.05, 3.63) is 58.7 Å². The number of fused-ring (bicyclic) bond motifs is 1. The van der Waals surface area contributed by atoms with Gasteiger partial charge in [0, 0.05) is 10.6 Å². The first-order valence-corrected chi connectivity index (χ1v) is 9.22. The van der Waals surface area contributed by atoms with Crippen molar-refractivity contribution in [2.45, 2.75) is 37.3 Å². The second-order valence-electron chi connectivity index (χ2n) is 6.46. The van der Waals surface area contributed by atoms with Crippen LogP contribution in [0.5, 0.6) is 0 Å². The predicted molar refractivity (Wildman–Crippen MR) is 102 cm³/mol. The molecule has 1 heterocycles. The Morgan fingerprint density at radius 3 is 2.48 bits per heavy atom. The second kappa shape index (κ2) is 7.31. The lowest BCUT2D eigenvalue weighted by Crippen LogP contribution is -2.38. The van der Waals surface area contributed by atoms with Crippen LogP contribution in [0.1, 0.15) is 22.3 Å². The van der Waals surface area contributed by atoms with E-state index in [-0.39, 0.29) is 23.6 Å². The van der Waals surface area contributed by atoms with E-state index in [9.17, 15) is 9.59 Å². The van der Waals surface area contributed by atoms with Gasteiger partial charge in [0.1, 0.15) is 0 Å². The van der Waals surface area contributed by atoms with Crippen molar-refractivity contribution in [2.24, 2.45) is 0 Å². The van der Waals surface area contributed by atoms with Gasteiger partial charge in [-0.15, -0.1) is 11.8 Å². The number of aryl methyl sites for hydroxylation is 3. The average Bonchev–Trinajstić information content (AvgIpc) is 3.00. The number of thioether (sulfide) groups is 1. The Bertz CT molecular complexity index is 784. The Kier molecular flexibility index (Phi) is 5.13. The first kappa shape index (κ1) is 17.5. The van der Waals surface area contributed by atoms with Crippen molar-refractivity contribution < 1.29 is 9.59 Å². The van der Waals surface area contributed by atoms with Gasteiger partial charge < -0.3 is 10.6 Å². The maximum Gasteiger partial charge on any atom is 0.243 e. The van der Waals surface area contributed by atoms with Gasteiger partial charge in [-0.05, 0) is 49.9 Å². The summed E-state index contributed by atoms with van der Waals surface area (Å²) in [6, 6.07) is 12.1. The van der Waals surface area contributed by atoms with Gasteiger partial charge >= 0.3 is 0 Å². The molecule has 2 N–H and O–H groups in total. The zero-order valence-corrected chi connectivity index (χ0v) is 15.5. The lowest BCUT2D eigenvalue weighted by Gasteiger charge is -2.14. The Morgan fingerprint density at radius 2 is 1.80 bits per heavy atom. The number of anilines is 1. The minimum atomic E-state index is -0.205. The zero-order chi connectivity index (χ0) is 18.0. The van der Waals surface area contributed by atoms with Crippen molar-refractivity contribution in [3.8, 4) is 0 Å². The molecule has 0 radical (unpaired) electrons. The molecule has 3 rings (SSSR count). The molecule has 5 heteroatoms. The van der Waals surface area contributed by atoms with E-state index in [1.165, 1.54) is 11.1 Å². The van der Waals surface area contributed by atoms with Crippen LogP contribution in [-0.2, 0) is 16.0 Å². The van der Waals surface area contributed by atoms with Crippen LogP contribution in [0.15, 0.2) is 41.3 Å². The molecule has 0 fully saturated rings. The molecule has 0 spiro atoms. The highest BCUT2D eigenvalue weighted by Crippen LogP contribution is 2.36. The van der Waals surface area contributed by atoms with Gasteiger partial charge in [0.05, 0.1) is 11.8 Å². The zero-order valence-electron chi connectivity index (χ0n) is 14.7. The number of hydrogen-bond donors (Lipinski definition) is 2. The average molecular weight is 354 g/mol. The van der Waals surface area contributed by atoms with Crippen LogP contribution in [0.2, 0.25) is 0 Å². The van der Waals surface area contributed by atoms with E-state index in [2.05, 4.69) is 10.6 Å². The molecule has 0 saturated heterocycles. The number of carbonyl (C=O) groups excluding carboxylic acids is 2. The fourth-order valence-electron chi connectivity index (χ4n) is 3.17. The van der Waals surface area contributed by atoms with Crippen LogP contribution < -0.4 is 10.6 Å². The van der Waals surface area contributed by atoms with E-state index in [0.717, 1.165) is 21.7 Å². The van der Waals surface area contributed by atoms with E-state index >= 15 is 0 Å². The number of hydrogen-bond acceptors (Lipinski definition) is 3. The highest BCUT2D eigenvalue weighted by molar-refractivity contribution is 8.01. The van der Waals surface area contributed by atoms with Gasteiger partial charge in [-0.1, -0.05) is 35.9 Å². The molecule has 0 aromatic heterocycles. The number of nitrogens with one attached hydrogen (secondary N) is 2. The van der Waals surface area contributed by atoms with Gasteiger partial charge in [0.25, 0.3) is 0 Å². The van der Waals surface area contributed by atoms with Gasteiger partial charge in [0.15, 0.2) is 0 Å². The summed E-state index contributed by atoms with van der Waals surface area (Å²) in [6.45, 7) is 5.96. The summed E-state index contributed by atoms with van der Waals surface area (Å²) < 4.78 is 0. The number of amides is 2. The highest BCUT2D eigenvalue weighted by Gasteiger charge is 2.28. The molecule has 2 aromatic carbocycles. The van der Waals surface area contributed by atoms with Crippen LogP contribution in [0, 0.1) is 20.8 Å². The normalized spacial score (nSPS) is 15.6. The van der Waals surface area contributed by atoms with E-state index in [1.54, 1.807) is 11.8 Å². The largest absolute Gasteiger partial charge is 0.346 e. The summed E-state index contributed by atoms with van der Waals surface area (Å²) in [7, 11) is 0. The molecule has 2 amide bonds. The first-order chi connectivity index (χ1) is 11.9. The summed E-state index contributed by atoms with van der Waals surface area (Å²) in [5.74, 6) is -0.294. The third-order valence-electron chi connectivity index (χ3n) is 4.30. The summed E-state index contributed by atoms with van der Waals surface area (Å²) in [4.78, 5) is 25.7. The lowest BCUT2D eigenvalue weighted by atomic mass is 10.1. The van der Waals surface area contributed by atoms with Gasteiger partial charge in [0.2, 0.25) is 11.8 Å². The Morgan fingerprint density at radius 1 is 1.12 bits per heavy atom. The van der Waals surface area contributed by atoms with Gasteiger partial charge in [-0.3, -0.25) is 9.59 Å². The maximum atomic E-state index is 12.3. The molecule has 130 valence electrons. The first-order valence-electron chi connectivity index (χ1n) is 8.34. The van der Waals surface area contributed by atoms with Crippen LogP contribution in [0.25, 0.3) is 0 Å². The summed E-state index contributed by atoms with van der Waals surface area (Å²) >= 11 is 1.56. The minimum Gasteiger partial charge on any atom is -0.346 e. The highest BCUT2D eigenvalue weighted by atomic mass is 32.2. The predicted octanol–water partition coefficient (Wildman–Crippen LogP) is 3.38. The summed E-state index contributed by atoms with van der Waals surface area (Å²) in [5.41, 5.74) is 5.24. The third-order valence-corrected chi connectivity index (χ3v) is 5.62. The Hall–Kier alpha value is -2.27. The molecule has 0 bridgehead atoms. The minimum absolute atomic E-state index is 0.0149. The van der Waals surface area contributed by atoms with Crippen LogP contribution >= 0.6 is 11.8 Å². The van der Waals surface area contributed by atoms with Crippen LogP contribution in [0.4, 0.5) is 5.69 Å². The molecule has 1 atom stereocenters.